The maximum atomic E-state index is 12.0. The molecule has 0 aliphatic carbocycles. The molecule has 7 heteroatoms. The lowest BCUT2D eigenvalue weighted by Crippen LogP contribution is -2.28. The van der Waals surface area contributed by atoms with E-state index in [-0.39, 0.29) is 16.3 Å². The van der Waals surface area contributed by atoms with Gasteiger partial charge in [0.1, 0.15) is 5.56 Å². The normalized spacial score (nSPS) is 15.1. The van der Waals surface area contributed by atoms with Crippen LogP contribution in [0.25, 0.3) is 0 Å². The van der Waals surface area contributed by atoms with Crippen molar-refractivity contribution < 1.29 is 9.72 Å². The summed E-state index contributed by atoms with van der Waals surface area (Å²) in [5, 5.41) is 14.3. The lowest BCUT2D eigenvalue weighted by atomic mass is 10.1. The number of nitro groups is 1. The molecule has 1 N–H and O–H groups in total. The molecule has 1 aliphatic heterocycles. The smallest absolute Gasteiger partial charge is 0.283 e. The van der Waals surface area contributed by atoms with E-state index in [1.807, 2.05) is 0 Å². The number of carbonyl (C=O) groups excluding carboxylic acids is 1. The second kappa shape index (κ2) is 5.90. The van der Waals surface area contributed by atoms with Gasteiger partial charge in [0.2, 0.25) is 0 Å². The Bertz CT molecular complexity index is 549. The highest BCUT2D eigenvalue weighted by molar-refractivity contribution is 6.31. The van der Waals surface area contributed by atoms with Crippen LogP contribution in [0.2, 0.25) is 5.02 Å². The highest BCUT2D eigenvalue weighted by Gasteiger charge is 2.21. The van der Waals surface area contributed by atoms with E-state index in [9.17, 15) is 14.9 Å². The van der Waals surface area contributed by atoms with Gasteiger partial charge in [0.15, 0.2) is 0 Å². The number of piperidine rings is 1. The zero-order valence-electron chi connectivity index (χ0n) is 10.1. The van der Waals surface area contributed by atoms with E-state index >= 15 is 0 Å². The molecule has 1 aromatic carbocycles. The number of rotatable bonds is 2. The third kappa shape index (κ3) is 3.36. The van der Waals surface area contributed by atoms with E-state index < -0.39 is 10.8 Å². The monoisotopic (exact) mass is 281 g/mol. The maximum absolute atomic E-state index is 12.0. The number of nitrogens with zero attached hydrogens (tertiary/aromatic N) is 2. The number of carbonyl (C=O) groups is 1. The molecule has 0 radical (unpaired) electrons. The largest absolute Gasteiger partial charge is 0.316 e. The molecule has 100 valence electrons. The van der Waals surface area contributed by atoms with Crippen LogP contribution in [0.1, 0.15) is 23.2 Å². The SMILES string of the molecule is O=C(N=C1CCNCC1)c1ccc(Cl)cc1[N+](=O)[O-]. The molecular formula is C12H12ClN3O3. The van der Waals surface area contributed by atoms with Crippen molar-refractivity contribution in [3.8, 4) is 0 Å². The summed E-state index contributed by atoms with van der Waals surface area (Å²) in [5.41, 5.74) is 0.434. The van der Waals surface area contributed by atoms with Crippen LogP contribution in [0.5, 0.6) is 0 Å². The summed E-state index contributed by atoms with van der Waals surface area (Å²) < 4.78 is 0. The molecule has 6 nitrogen and oxygen atoms in total. The molecule has 0 bridgehead atoms. The van der Waals surface area contributed by atoms with E-state index in [2.05, 4.69) is 10.3 Å². The molecule has 1 amide bonds. The second-order valence-corrected chi connectivity index (χ2v) is 4.59. The Hall–Kier alpha value is -1.79. The van der Waals surface area contributed by atoms with Crippen molar-refractivity contribution in [1.82, 2.24) is 5.32 Å². The first-order chi connectivity index (χ1) is 9.08. The third-order valence-corrected chi connectivity index (χ3v) is 3.06. The highest BCUT2D eigenvalue weighted by Crippen LogP contribution is 2.24. The Morgan fingerprint density at radius 3 is 2.68 bits per heavy atom. The molecule has 0 aromatic heterocycles. The third-order valence-electron chi connectivity index (χ3n) is 2.83. The summed E-state index contributed by atoms with van der Waals surface area (Å²) in [7, 11) is 0. The van der Waals surface area contributed by atoms with E-state index in [0.29, 0.717) is 12.8 Å². The number of hydrogen-bond donors (Lipinski definition) is 1. The number of halogens is 1. The first-order valence-corrected chi connectivity index (χ1v) is 6.21. The van der Waals surface area contributed by atoms with Gasteiger partial charge in [0.25, 0.3) is 11.6 Å². The van der Waals surface area contributed by atoms with Crippen molar-refractivity contribution in [1.29, 1.82) is 0 Å². The first-order valence-electron chi connectivity index (χ1n) is 5.83. The minimum Gasteiger partial charge on any atom is -0.316 e. The van der Waals surface area contributed by atoms with Crippen LogP contribution in [0.15, 0.2) is 23.2 Å². The van der Waals surface area contributed by atoms with E-state index in [1.54, 1.807) is 0 Å². The standard InChI is InChI=1S/C12H12ClN3O3/c13-8-1-2-10(11(7-8)16(18)19)12(17)15-9-3-5-14-6-4-9/h1-2,7,14H,3-6H2. The molecule has 1 aliphatic rings. The minimum absolute atomic E-state index is 0.0274. The Kier molecular flexibility index (Phi) is 4.24. The lowest BCUT2D eigenvalue weighted by molar-refractivity contribution is -0.385. The van der Waals surface area contributed by atoms with Crippen molar-refractivity contribution in [3.05, 3.63) is 38.9 Å². The predicted molar refractivity (Wildman–Crippen MR) is 72.0 cm³/mol. The van der Waals surface area contributed by atoms with Gasteiger partial charge in [-0.15, -0.1) is 0 Å². The average Bonchev–Trinajstić information content (AvgIpc) is 2.39. The second-order valence-electron chi connectivity index (χ2n) is 4.15. The Balaban J connectivity index is 2.30. The number of aliphatic imine (C=N–C) groups is 1. The van der Waals surface area contributed by atoms with Crippen molar-refractivity contribution >= 4 is 28.9 Å². The van der Waals surface area contributed by atoms with Crippen molar-refractivity contribution in [2.24, 2.45) is 4.99 Å². The Morgan fingerprint density at radius 1 is 1.37 bits per heavy atom. The Morgan fingerprint density at radius 2 is 2.05 bits per heavy atom. The molecule has 1 saturated heterocycles. The van der Waals surface area contributed by atoms with Crippen LogP contribution in [0.4, 0.5) is 5.69 Å². The fourth-order valence-electron chi connectivity index (χ4n) is 1.87. The summed E-state index contributed by atoms with van der Waals surface area (Å²) in [6.07, 6.45) is 1.38. The summed E-state index contributed by atoms with van der Waals surface area (Å²) in [4.78, 5) is 26.2. The summed E-state index contributed by atoms with van der Waals surface area (Å²) in [5.74, 6) is -0.583. The maximum Gasteiger partial charge on any atom is 0.283 e. The number of hydrogen-bond acceptors (Lipinski definition) is 4. The zero-order chi connectivity index (χ0) is 13.8. The number of nitro benzene ring substituents is 1. The summed E-state index contributed by atoms with van der Waals surface area (Å²) in [6, 6.07) is 3.95. The van der Waals surface area contributed by atoms with Crippen LogP contribution in [-0.2, 0) is 0 Å². The molecule has 1 aromatic rings. The van der Waals surface area contributed by atoms with Gasteiger partial charge in [-0.25, -0.2) is 4.99 Å². The van der Waals surface area contributed by atoms with Gasteiger partial charge < -0.3 is 5.32 Å². The topological polar surface area (TPSA) is 84.6 Å². The van der Waals surface area contributed by atoms with Crippen LogP contribution in [-0.4, -0.2) is 29.6 Å². The molecule has 0 unspecified atom stereocenters. The van der Waals surface area contributed by atoms with Crippen LogP contribution in [0, 0.1) is 10.1 Å². The van der Waals surface area contributed by atoms with Gasteiger partial charge in [0.05, 0.1) is 4.92 Å². The fourth-order valence-corrected chi connectivity index (χ4v) is 2.03. The zero-order valence-corrected chi connectivity index (χ0v) is 10.8. The predicted octanol–water partition coefficient (Wildman–Crippen LogP) is 2.21. The summed E-state index contributed by atoms with van der Waals surface area (Å²) in [6.45, 7) is 1.55. The van der Waals surface area contributed by atoms with Crippen LogP contribution < -0.4 is 5.32 Å². The number of amides is 1. The van der Waals surface area contributed by atoms with Gasteiger partial charge in [-0.05, 0) is 25.0 Å². The molecule has 0 saturated carbocycles. The van der Waals surface area contributed by atoms with Crippen LogP contribution >= 0.6 is 11.6 Å². The molecule has 0 atom stereocenters. The van der Waals surface area contributed by atoms with Gasteiger partial charge in [-0.3, -0.25) is 14.9 Å². The number of benzene rings is 1. The van der Waals surface area contributed by atoms with Crippen molar-refractivity contribution in [2.75, 3.05) is 13.1 Å². The minimum atomic E-state index is -0.623. The van der Waals surface area contributed by atoms with Crippen molar-refractivity contribution in [2.45, 2.75) is 12.8 Å². The highest BCUT2D eigenvalue weighted by atomic mass is 35.5. The molecule has 19 heavy (non-hydrogen) atoms. The van der Waals surface area contributed by atoms with E-state index in [4.69, 9.17) is 11.6 Å². The lowest BCUT2D eigenvalue weighted by Gasteiger charge is -2.13. The molecule has 2 rings (SSSR count). The van der Waals surface area contributed by atoms with Gasteiger partial charge in [0, 0.05) is 29.9 Å². The Labute approximate surface area is 114 Å². The molecule has 0 spiro atoms. The van der Waals surface area contributed by atoms with Gasteiger partial charge in [-0.2, -0.15) is 0 Å². The van der Waals surface area contributed by atoms with Gasteiger partial charge >= 0.3 is 0 Å². The van der Waals surface area contributed by atoms with Crippen molar-refractivity contribution in [3.63, 3.8) is 0 Å². The van der Waals surface area contributed by atoms with E-state index in [1.165, 1.54) is 12.1 Å². The van der Waals surface area contributed by atoms with Crippen LogP contribution in [0.3, 0.4) is 0 Å². The molecular weight excluding hydrogens is 270 g/mol. The van der Waals surface area contributed by atoms with Gasteiger partial charge in [-0.1, -0.05) is 11.6 Å². The molecule has 1 heterocycles. The summed E-state index contributed by atoms with van der Waals surface area (Å²) >= 11 is 5.70. The quantitative estimate of drug-likeness (QED) is 0.665. The number of nitrogens with one attached hydrogen (secondary N) is 1. The fraction of sp³-hybridized carbons (Fsp3) is 0.333. The first kappa shape index (κ1) is 13.6. The van der Waals surface area contributed by atoms with E-state index in [0.717, 1.165) is 24.9 Å². The average molecular weight is 282 g/mol. The molecule has 1 fully saturated rings.